The minimum Gasteiger partial charge on any atom is -0.426 e. The second kappa shape index (κ2) is 6.74. The van der Waals surface area contributed by atoms with Gasteiger partial charge in [-0.3, -0.25) is 4.79 Å². The molecule has 0 aliphatic heterocycles. The second-order valence-electron chi connectivity index (χ2n) is 7.11. The quantitative estimate of drug-likeness (QED) is 0.402. The van der Waals surface area contributed by atoms with E-state index in [-0.39, 0.29) is 22.7 Å². The minimum atomic E-state index is -0.199. The van der Waals surface area contributed by atoms with Gasteiger partial charge in [-0.2, -0.15) is 0 Å². The van der Waals surface area contributed by atoms with Gasteiger partial charge < -0.3 is 4.74 Å². The van der Waals surface area contributed by atoms with Gasteiger partial charge in [0.1, 0.15) is 5.76 Å². The number of esters is 1. The van der Waals surface area contributed by atoms with Crippen LogP contribution >= 0.6 is 0 Å². The van der Waals surface area contributed by atoms with Gasteiger partial charge in [0.2, 0.25) is 0 Å². The van der Waals surface area contributed by atoms with Crippen LogP contribution in [0, 0.1) is 16.7 Å². The van der Waals surface area contributed by atoms with Crippen molar-refractivity contribution in [1.82, 2.24) is 0 Å². The fourth-order valence-corrected chi connectivity index (χ4v) is 1.80. The molecule has 108 valence electrons. The van der Waals surface area contributed by atoms with Crippen molar-refractivity contribution in [3.8, 4) is 0 Å². The molecule has 0 saturated heterocycles. The third-order valence-electron chi connectivity index (χ3n) is 2.85. The molecule has 1 atom stereocenters. The molecule has 2 heteroatoms. The Labute approximate surface area is 118 Å². The topological polar surface area (TPSA) is 26.3 Å². The largest absolute Gasteiger partial charge is 0.426 e. The van der Waals surface area contributed by atoms with Crippen molar-refractivity contribution in [2.45, 2.75) is 48.0 Å². The zero-order chi connectivity index (χ0) is 15.3. The average Bonchev–Trinajstić information content (AvgIpc) is 2.22. The molecule has 0 amide bonds. The van der Waals surface area contributed by atoms with E-state index in [2.05, 4.69) is 54.7 Å². The highest BCUT2D eigenvalue weighted by Crippen LogP contribution is 2.37. The molecule has 0 saturated carbocycles. The first-order chi connectivity index (χ1) is 8.51. The van der Waals surface area contributed by atoms with Crippen molar-refractivity contribution >= 4 is 5.97 Å². The summed E-state index contributed by atoms with van der Waals surface area (Å²) >= 11 is 0. The van der Waals surface area contributed by atoms with Crippen LogP contribution in [-0.2, 0) is 9.53 Å². The molecule has 0 aliphatic carbocycles. The number of carbonyl (C=O) groups excluding carboxylic acids is 1. The van der Waals surface area contributed by atoms with Gasteiger partial charge in [0, 0.05) is 0 Å². The molecule has 0 N–H and O–H groups in total. The summed E-state index contributed by atoms with van der Waals surface area (Å²) < 4.78 is 5.41. The standard InChI is InChI=1S/C17H28O2/c1-9-11-13(10-2)19-15(18)14(17(6,7)8)12-16(3,4)5/h9-11,14H,1-2,12H2,3-8H3/b13-11+. The molecule has 1 unspecified atom stereocenters. The Morgan fingerprint density at radius 1 is 1.16 bits per heavy atom. The van der Waals surface area contributed by atoms with Crippen LogP contribution in [-0.4, -0.2) is 5.97 Å². The van der Waals surface area contributed by atoms with Crippen molar-refractivity contribution in [2.24, 2.45) is 16.7 Å². The molecule has 0 spiro atoms. The molecule has 19 heavy (non-hydrogen) atoms. The molecule has 0 fully saturated rings. The molecule has 0 aromatic heterocycles. The molecule has 2 nitrogen and oxygen atoms in total. The summed E-state index contributed by atoms with van der Waals surface area (Å²) in [5.41, 5.74) is -0.0573. The highest BCUT2D eigenvalue weighted by atomic mass is 16.5. The Morgan fingerprint density at radius 2 is 1.68 bits per heavy atom. The van der Waals surface area contributed by atoms with Gasteiger partial charge in [-0.25, -0.2) is 0 Å². The Kier molecular flexibility index (Phi) is 6.28. The van der Waals surface area contributed by atoms with E-state index in [9.17, 15) is 4.79 Å². The molecule has 0 aromatic rings. The summed E-state index contributed by atoms with van der Waals surface area (Å²) in [7, 11) is 0. The summed E-state index contributed by atoms with van der Waals surface area (Å²) in [5.74, 6) is 0.0965. The van der Waals surface area contributed by atoms with Gasteiger partial charge in [-0.05, 0) is 29.4 Å². The highest BCUT2D eigenvalue weighted by molar-refractivity contribution is 5.74. The normalized spacial score (nSPS) is 14.7. The third-order valence-corrected chi connectivity index (χ3v) is 2.85. The SMILES string of the molecule is C=C/C=C(\C=C)OC(=O)C(CC(C)(C)C)C(C)(C)C. The predicted molar refractivity (Wildman–Crippen MR) is 81.6 cm³/mol. The van der Waals surface area contributed by atoms with Crippen molar-refractivity contribution < 1.29 is 9.53 Å². The van der Waals surface area contributed by atoms with Crippen LogP contribution in [0.3, 0.4) is 0 Å². The lowest BCUT2D eigenvalue weighted by Gasteiger charge is -2.33. The van der Waals surface area contributed by atoms with Crippen LogP contribution in [0.15, 0.2) is 37.1 Å². The summed E-state index contributed by atoms with van der Waals surface area (Å²) in [4.78, 5) is 12.4. The number of rotatable bonds is 5. The highest BCUT2D eigenvalue weighted by Gasteiger charge is 2.36. The van der Waals surface area contributed by atoms with Crippen molar-refractivity contribution in [3.05, 3.63) is 37.1 Å². The Balaban J connectivity index is 5.08. The third kappa shape index (κ3) is 7.00. The predicted octanol–water partition coefficient (Wildman–Crippen LogP) is 4.88. The molecular weight excluding hydrogens is 236 g/mol. The maximum Gasteiger partial charge on any atom is 0.314 e. The smallest absolute Gasteiger partial charge is 0.314 e. The van der Waals surface area contributed by atoms with Crippen LogP contribution in [0.4, 0.5) is 0 Å². The van der Waals surface area contributed by atoms with Crippen LogP contribution in [0.25, 0.3) is 0 Å². The average molecular weight is 264 g/mol. The first-order valence-corrected chi connectivity index (χ1v) is 6.68. The fourth-order valence-electron chi connectivity index (χ4n) is 1.80. The number of hydrogen-bond donors (Lipinski definition) is 0. The minimum absolute atomic E-state index is 0.0768. The Morgan fingerprint density at radius 3 is 2.00 bits per heavy atom. The van der Waals surface area contributed by atoms with E-state index in [4.69, 9.17) is 4.74 Å². The molecule has 0 bridgehead atoms. The van der Waals surface area contributed by atoms with E-state index in [1.54, 1.807) is 12.2 Å². The summed E-state index contributed by atoms with van der Waals surface area (Å²) in [6.45, 7) is 19.8. The van der Waals surface area contributed by atoms with Gasteiger partial charge in [0.25, 0.3) is 0 Å². The number of allylic oxidation sites excluding steroid dienone is 3. The summed E-state index contributed by atoms with van der Waals surface area (Å²) in [5, 5.41) is 0. The Hall–Kier alpha value is -1.31. The van der Waals surface area contributed by atoms with E-state index >= 15 is 0 Å². The van der Waals surface area contributed by atoms with E-state index in [1.807, 2.05) is 0 Å². The monoisotopic (exact) mass is 264 g/mol. The van der Waals surface area contributed by atoms with E-state index in [1.165, 1.54) is 6.08 Å². The van der Waals surface area contributed by atoms with Gasteiger partial charge >= 0.3 is 5.97 Å². The zero-order valence-electron chi connectivity index (χ0n) is 13.2. The van der Waals surface area contributed by atoms with Crippen molar-refractivity contribution in [1.29, 1.82) is 0 Å². The first kappa shape index (κ1) is 17.7. The molecule has 0 aliphatic rings. The van der Waals surface area contributed by atoms with Gasteiger partial charge in [-0.15, -0.1) is 0 Å². The van der Waals surface area contributed by atoms with Gasteiger partial charge in [0.05, 0.1) is 5.92 Å². The molecular formula is C17H28O2. The summed E-state index contributed by atoms with van der Waals surface area (Å²) in [6.07, 6.45) is 5.53. The fraction of sp³-hybridized carbons (Fsp3) is 0.588. The number of hydrogen-bond acceptors (Lipinski definition) is 2. The summed E-state index contributed by atoms with van der Waals surface area (Å²) in [6, 6.07) is 0. The van der Waals surface area contributed by atoms with Crippen LogP contribution in [0.5, 0.6) is 0 Å². The van der Waals surface area contributed by atoms with Gasteiger partial charge in [-0.1, -0.05) is 60.8 Å². The molecule has 0 heterocycles. The van der Waals surface area contributed by atoms with Crippen LogP contribution in [0.1, 0.15) is 48.0 Å². The molecule has 0 aromatic carbocycles. The van der Waals surface area contributed by atoms with E-state index < -0.39 is 0 Å². The van der Waals surface area contributed by atoms with E-state index in [0.717, 1.165) is 6.42 Å². The maximum absolute atomic E-state index is 12.4. The van der Waals surface area contributed by atoms with E-state index in [0.29, 0.717) is 5.76 Å². The second-order valence-corrected chi connectivity index (χ2v) is 7.11. The number of ether oxygens (including phenoxy) is 1. The number of carbonyl (C=O) groups is 1. The van der Waals surface area contributed by atoms with Crippen LogP contribution in [0.2, 0.25) is 0 Å². The Bertz CT molecular complexity index is 362. The first-order valence-electron chi connectivity index (χ1n) is 6.68. The maximum atomic E-state index is 12.4. The lowest BCUT2D eigenvalue weighted by Crippen LogP contribution is -2.33. The zero-order valence-corrected chi connectivity index (χ0v) is 13.2. The van der Waals surface area contributed by atoms with Gasteiger partial charge in [0.15, 0.2) is 0 Å². The lowest BCUT2D eigenvalue weighted by molar-refractivity contribution is -0.149. The molecule has 0 radical (unpaired) electrons. The van der Waals surface area contributed by atoms with Crippen molar-refractivity contribution in [2.75, 3.05) is 0 Å². The molecule has 0 rings (SSSR count). The van der Waals surface area contributed by atoms with Crippen molar-refractivity contribution in [3.63, 3.8) is 0 Å². The van der Waals surface area contributed by atoms with Crippen LogP contribution < -0.4 is 0 Å². The lowest BCUT2D eigenvalue weighted by atomic mass is 9.72.